The van der Waals surface area contributed by atoms with Gasteiger partial charge in [-0.3, -0.25) is 4.79 Å². The summed E-state index contributed by atoms with van der Waals surface area (Å²) in [6.07, 6.45) is 4.94. The van der Waals surface area contributed by atoms with E-state index in [-0.39, 0.29) is 17.8 Å². The third-order valence-electron chi connectivity index (χ3n) is 8.51. The van der Waals surface area contributed by atoms with E-state index in [4.69, 9.17) is 10.1 Å². The maximum Gasteiger partial charge on any atom is 0.293 e. The molecule has 0 N–H and O–H groups in total. The number of rotatable bonds is 4. The van der Waals surface area contributed by atoms with Crippen LogP contribution in [0.4, 0.5) is 11.4 Å². The van der Waals surface area contributed by atoms with E-state index >= 15 is 0 Å². The number of anilines is 2. The third-order valence-corrected chi connectivity index (χ3v) is 8.51. The van der Waals surface area contributed by atoms with Crippen LogP contribution in [0.15, 0.2) is 60.8 Å². The molecule has 0 bridgehead atoms. The van der Waals surface area contributed by atoms with Gasteiger partial charge in [0.15, 0.2) is 5.82 Å². The van der Waals surface area contributed by atoms with Crippen LogP contribution in [0.2, 0.25) is 0 Å². The summed E-state index contributed by atoms with van der Waals surface area (Å²) in [6, 6.07) is 17.2. The fourth-order valence-corrected chi connectivity index (χ4v) is 6.14. The van der Waals surface area contributed by atoms with Crippen molar-refractivity contribution in [3.8, 4) is 17.1 Å². The molecule has 8 nitrogen and oxygen atoms in total. The van der Waals surface area contributed by atoms with E-state index in [2.05, 4.69) is 60.5 Å². The molecule has 3 heterocycles. The second-order valence-corrected chi connectivity index (χ2v) is 10.9. The molecule has 1 saturated heterocycles. The summed E-state index contributed by atoms with van der Waals surface area (Å²) in [4.78, 5) is 27.2. The SMILES string of the molecule is C=C1[C@@H](C)N(C2CCCC2)c2cc(-c3nc(C(=O)N4CCN(C)CC4)nn3-c3ccccc3)ccc2N1C. The lowest BCUT2D eigenvalue weighted by molar-refractivity contribution is 0.0652. The second kappa shape index (κ2) is 9.91. The molecule has 3 aliphatic rings. The molecule has 1 aliphatic carbocycles. The van der Waals surface area contributed by atoms with Crippen molar-refractivity contribution in [1.82, 2.24) is 24.6 Å². The fourth-order valence-electron chi connectivity index (χ4n) is 6.14. The Morgan fingerprint density at radius 3 is 2.37 bits per heavy atom. The van der Waals surface area contributed by atoms with Crippen LogP contribution in [0.5, 0.6) is 0 Å². The van der Waals surface area contributed by atoms with E-state index in [9.17, 15) is 4.79 Å². The molecule has 8 heteroatoms. The van der Waals surface area contributed by atoms with Gasteiger partial charge in [0.2, 0.25) is 5.82 Å². The summed E-state index contributed by atoms with van der Waals surface area (Å²) < 4.78 is 1.82. The number of likely N-dealkylation sites (N-methyl/N-ethyl adjacent to an activating group) is 2. The zero-order valence-corrected chi connectivity index (χ0v) is 22.7. The zero-order chi connectivity index (χ0) is 26.4. The summed E-state index contributed by atoms with van der Waals surface area (Å²) in [7, 11) is 4.18. The Kier molecular flexibility index (Phi) is 6.43. The van der Waals surface area contributed by atoms with Crippen molar-refractivity contribution in [2.75, 3.05) is 50.1 Å². The van der Waals surface area contributed by atoms with Gasteiger partial charge < -0.3 is 19.6 Å². The van der Waals surface area contributed by atoms with Gasteiger partial charge in [0.1, 0.15) is 0 Å². The molecule has 1 amide bonds. The minimum absolute atomic E-state index is 0.107. The number of aromatic nitrogens is 3. The summed E-state index contributed by atoms with van der Waals surface area (Å²) in [5.74, 6) is 0.824. The molecular weight excluding hydrogens is 474 g/mol. The number of piperazine rings is 1. The molecule has 0 radical (unpaired) electrons. The van der Waals surface area contributed by atoms with E-state index in [0.717, 1.165) is 35.7 Å². The van der Waals surface area contributed by atoms with Gasteiger partial charge in [-0.1, -0.05) is 37.6 Å². The average Bonchev–Trinajstić information content (AvgIpc) is 3.63. The highest BCUT2D eigenvalue weighted by molar-refractivity contribution is 5.91. The lowest BCUT2D eigenvalue weighted by Gasteiger charge is -2.46. The van der Waals surface area contributed by atoms with Crippen LogP contribution >= 0.6 is 0 Å². The van der Waals surface area contributed by atoms with E-state index in [1.165, 1.54) is 31.4 Å². The Hall–Kier alpha value is -3.65. The maximum absolute atomic E-state index is 13.5. The topological polar surface area (TPSA) is 60.7 Å². The van der Waals surface area contributed by atoms with Crippen molar-refractivity contribution in [2.24, 2.45) is 0 Å². The summed E-state index contributed by atoms with van der Waals surface area (Å²) in [6.45, 7) is 9.76. The van der Waals surface area contributed by atoms with E-state index in [1.54, 1.807) is 0 Å². The highest BCUT2D eigenvalue weighted by atomic mass is 16.2. The van der Waals surface area contributed by atoms with Gasteiger partial charge in [0.25, 0.3) is 5.91 Å². The number of nitrogens with zero attached hydrogens (tertiary/aromatic N) is 7. The van der Waals surface area contributed by atoms with Gasteiger partial charge in [0, 0.05) is 50.5 Å². The zero-order valence-electron chi connectivity index (χ0n) is 22.7. The first-order chi connectivity index (χ1) is 18.4. The molecule has 38 heavy (non-hydrogen) atoms. The van der Waals surface area contributed by atoms with Crippen LogP contribution in [0.1, 0.15) is 43.2 Å². The fraction of sp³-hybridized carbons (Fsp3) is 0.433. The Balaban J connectivity index is 1.44. The Labute approximate surface area is 225 Å². The molecule has 2 aromatic carbocycles. The van der Waals surface area contributed by atoms with Crippen molar-refractivity contribution < 1.29 is 4.79 Å². The first kappa shape index (κ1) is 24.7. The monoisotopic (exact) mass is 511 g/mol. The highest BCUT2D eigenvalue weighted by Crippen LogP contribution is 2.44. The molecule has 0 spiro atoms. The van der Waals surface area contributed by atoms with Crippen LogP contribution in [0, 0.1) is 0 Å². The van der Waals surface area contributed by atoms with Crippen LogP contribution in [0.3, 0.4) is 0 Å². The smallest absolute Gasteiger partial charge is 0.293 e. The van der Waals surface area contributed by atoms with Crippen molar-refractivity contribution in [1.29, 1.82) is 0 Å². The summed E-state index contributed by atoms with van der Waals surface area (Å²) in [5.41, 5.74) is 5.31. The molecule has 0 unspecified atom stereocenters. The predicted molar refractivity (Wildman–Crippen MR) is 152 cm³/mol. The van der Waals surface area contributed by atoms with Crippen LogP contribution < -0.4 is 9.80 Å². The minimum Gasteiger partial charge on any atom is -0.359 e. The van der Waals surface area contributed by atoms with E-state index in [1.807, 2.05) is 39.9 Å². The first-order valence-corrected chi connectivity index (χ1v) is 13.8. The van der Waals surface area contributed by atoms with Gasteiger partial charge in [-0.15, -0.1) is 5.10 Å². The predicted octanol–water partition coefficient (Wildman–Crippen LogP) is 4.42. The van der Waals surface area contributed by atoms with Gasteiger partial charge in [-0.05, 0) is 57.1 Å². The maximum atomic E-state index is 13.5. The van der Waals surface area contributed by atoms with Gasteiger partial charge in [-0.2, -0.15) is 0 Å². The number of amides is 1. The molecule has 2 fully saturated rings. The lowest BCUT2D eigenvalue weighted by atomic mass is 9.99. The standard InChI is InChI=1S/C30H37N7O/c1-21-22(2)36(24-10-8-9-11-24)27-20-23(14-15-26(27)34(21)4)29-31-28(30(38)35-18-16-33(3)17-19-35)32-37(29)25-12-6-5-7-13-25/h5-7,12-15,20,22,24H,1,8-11,16-19H2,2-4H3/t22-/m1/s1. The Morgan fingerprint density at radius 1 is 0.947 bits per heavy atom. The number of hydrogen-bond donors (Lipinski definition) is 0. The summed E-state index contributed by atoms with van der Waals surface area (Å²) >= 11 is 0. The normalized spacial score (nSPS) is 20.8. The van der Waals surface area contributed by atoms with E-state index < -0.39 is 0 Å². The number of carbonyl (C=O) groups is 1. The molecule has 1 saturated carbocycles. The number of fused-ring (bicyclic) bond motifs is 1. The number of hydrogen-bond acceptors (Lipinski definition) is 6. The Morgan fingerprint density at radius 2 is 1.66 bits per heavy atom. The molecule has 3 aromatic rings. The minimum atomic E-state index is -0.107. The van der Waals surface area contributed by atoms with Crippen molar-refractivity contribution in [2.45, 2.75) is 44.7 Å². The van der Waals surface area contributed by atoms with Crippen LogP contribution in [0.25, 0.3) is 17.1 Å². The third kappa shape index (κ3) is 4.26. The molecular formula is C30H37N7O. The number of benzene rings is 2. The largest absolute Gasteiger partial charge is 0.359 e. The van der Waals surface area contributed by atoms with Crippen LogP contribution in [-0.4, -0.2) is 82.8 Å². The molecule has 2 aliphatic heterocycles. The van der Waals surface area contributed by atoms with E-state index in [0.29, 0.717) is 25.0 Å². The Bertz CT molecular complexity index is 1340. The van der Waals surface area contributed by atoms with Gasteiger partial charge in [-0.25, -0.2) is 9.67 Å². The van der Waals surface area contributed by atoms with Crippen molar-refractivity contribution in [3.63, 3.8) is 0 Å². The number of para-hydroxylation sites is 1. The number of carbonyl (C=O) groups excluding carboxylic acids is 1. The van der Waals surface area contributed by atoms with Crippen molar-refractivity contribution >= 4 is 17.3 Å². The average molecular weight is 512 g/mol. The molecule has 198 valence electrons. The molecule has 1 aromatic heterocycles. The molecule has 1 atom stereocenters. The highest BCUT2D eigenvalue weighted by Gasteiger charge is 2.36. The van der Waals surface area contributed by atoms with Gasteiger partial charge >= 0.3 is 0 Å². The van der Waals surface area contributed by atoms with Crippen LogP contribution in [-0.2, 0) is 0 Å². The second-order valence-electron chi connectivity index (χ2n) is 10.9. The summed E-state index contributed by atoms with van der Waals surface area (Å²) in [5, 5.41) is 4.76. The molecule has 6 rings (SSSR count). The van der Waals surface area contributed by atoms with Crippen molar-refractivity contribution in [3.05, 3.63) is 66.6 Å². The van der Waals surface area contributed by atoms with Gasteiger partial charge in [0.05, 0.1) is 23.1 Å². The lowest BCUT2D eigenvalue weighted by Crippen LogP contribution is -2.48. The first-order valence-electron chi connectivity index (χ1n) is 13.8. The quantitative estimate of drug-likeness (QED) is 0.517.